The van der Waals surface area contributed by atoms with Crippen molar-refractivity contribution in [1.82, 2.24) is 0 Å². The number of hydrogen-bond acceptors (Lipinski definition) is 6. The quantitative estimate of drug-likeness (QED) is 0.583. The van der Waals surface area contributed by atoms with Crippen LogP contribution in [0.5, 0.6) is 0 Å². The van der Waals surface area contributed by atoms with E-state index in [1.54, 1.807) is 40.7 Å². The van der Waals surface area contributed by atoms with Gasteiger partial charge in [-0.05, 0) is 64.5 Å². The van der Waals surface area contributed by atoms with Gasteiger partial charge in [0.1, 0.15) is 11.7 Å². The molecule has 4 atom stereocenters. The molecule has 6 heteroatoms. The predicted molar refractivity (Wildman–Crippen MR) is 104 cm³/mol. The third kappa shape index (κ3) is 4.07. The number of aliphatic hydroxyl groups is 1. The third-order valence-corrected chi connectivity index (χ3v) is 6.41. The molecule has 0 aromatic carbocycles. The van der Waals surface area contributed by atoms with Crippen LogP contribution in [0.25, 0.3) is 0 Å². The zero-order valence-corrected chi connectivity index (χ0v) is 17.9. The van der Waals surface area contributed by atoms with Gasteiger partial charge in [0.15, 0.2) is 5.78 Å². The summed E-state index contributed by atoms with van der Waals surface area (Å²) in [6.07, 6.45) is 1.87. The van der Waals surface area contributed by atoms with Crippen molar-refractivity contribution in [3.63, 3.8) is 0 Å². The van der Waals surface area contributed by atoms with Gasteiger partial charge in [-0.1, -0.05) is 13.0 Å². The minimum atomic E-state index is -1.25. The molecule has 3 unspecified atom stereocenters. The molecule has 0 heterocycles. The number of rotatable bonds is 4. The molecule has 1 N–H and O–H groups in total. The summed E-state index contributed by atoms with van der Waals surface area (Å²) in [5, 5.41) is 11.3. The van der Waals surface area contributed by atoms with Gasteiger partial charge < -0.3 is 14.6 Å². The highest BCUT2D eigenvalue weighted by atomic mass is 16.6. The lowest BCUT2D eigenvalue weighted by atomic mass is 9.80. The van der Waals surface area contributed by atoms with E-state index < -0.39 is 35.2 Å². The second-order valence-electron chi connectivity index (χ2n) is 8.69. The van der Waals surface area contributed by atoms with Crippen LogP contribution in [0.15, 0.2) is 22.8 Å². The first-order chi connectivity index (χ1) is 12.8. The summed E-state index contributed by atoms with van der Waals surface area (Å²) in [6, 6.07) is 0. The molecule has 2 aliphatic carbocycles. The lowest BCUT2D eigenvalue weighted by Crippen LogP contribution is -2.44. The van der Waals surface area contributed by atoms with E-state index in [4.69, 9.17) is 9.47 Å². The average molecular weight is 392 g/mol. The van der Waals surface area contributed by atoms with E-state index in [1.807, 2.05) is 6.92 Å². The number of carbonyl (C=O) groups excluding carboxylic acids is 3. The Hall–Kier alpha value is -1.95. The van der Waals surface area contributed by atoms with Gasteiger partial charge in [0, 0.05) is 24.8 Å². The molecule has 1 saturated carbocycles. The Morgan fingerprint density at radius 3 is 2.43 bits per heavy atom. The van der Waals surface area contributed by atoms with Gasteiger partial charge >= 0.3 is 11.9 Å². The molecule has 0 saturated heterocycles. The van der Waals surface area contributed by atoms with Crippen LogP contribution in [-0.2, 0) is 23.9 Å². The number of ketones is 1. The molecule has 0 aliphatic heterocycles. The molecule has 0 bridgehead atoms. The van der Waals surface area contributed by atoms with E-state index in [0.29, 0.717) is 29.6 Å². The average Bonchev–Trinajstić information content (AvgIpc) is 2.73. The molecule has 1 fully saturated rings. The largest absolute Gasteiger partial charge is 0.459 e. The second-order valence-corrected chi connectivity index (χ2v) is 8.69. The van der Waals surface area contributed by atoms with Crippen LogP contribution in [0, 0.1) is 11.8 Å². The van der Waals surface area contributed by atoms with Crippen LogP contribution < -0.4 is 0 Å². The fraction of sp³-hybridized carbons (Fsp3) is 0.682. The molecular weight excluding hydrogens is 360 g/mol. The first-order valence-corrected chi connectivity index (χ1v) is 9.82. The SMILES string of the molecule is CC=C(C)C(=O)OC1CC(C)[C@]2(O)CC(=O)C(C)=C2CC1C(C)(C)OC(C)=O. The minimum absolute atomic E-state index is 0.0462. The fourth-order valence-corrected chi connectivity index (χ4v) is 4.46. The van der Waals surface area contributed by atoms with E-state index in [-0.39, 0.29) is 18.1 Å². The van der Waals surface area contributed by atoms with Crippen LogP contribution in [-0.4, -0.2) is 40.1 Å². The molecule has 2 rings (SSSR count). The number of fused-ring (bicyclic) bond motifs is 1. The van der Waals surface area contributed by atoms with E-state index in [0.717, 1.165) is 0 Å². The monoisotopic (exact) mass is 392 g/mol. The first kappa shape index (κ1) is 22.3. The smallest absolute Gasteiger partial charge is 0.333 e. The van der Waals surface area contributed by atoms with Crippen molar-refractivity contribution in [3.05, 3.63) is 22.8 Å². The highest BCUT2D eigenvalue weighted by molar-refractivity contribution is 6.00. The van der Waals surface area contributed by atoms with Crippen molar-refractivity contribution >= 4 is 17.7 Å². The van der Waals surface area contributed by atoms with Crippen LogP contribution in [0.2, 0.25) is 0 Å². The number of carbonyl (C=O) groups is 3. The third-order valence-electron chi connectivity index (χ3n) is 6.41. The molecule has 0 radical (unpaired) electrons. The Balaban J connectivity index is 2.51. The highest BCUT2D eigenvalue weighted by Gasteiger charge is 2.54. The zero-order valence-electron chi connectivity index (χ0n) is 17.9. The predicted octanol–water partition coefficient (Wildman–Crippen LogP) is 3.27. The Morgan fingerprint density at radius 2 is 1.89 bits per heavy atom. The molecule has 0 amide bonds. The summed E-state index contributed by atoms with van der Waals surface area (Å²) in [7, 11) is 0. The summed E-state index contributed by atoms with van der Waals surface area (Å²) >= 11 is 0. The molecule has 2 aliphatic rings. The minimum Gasteiger partial charge on any atom is -0.459 e. The lowest BCUT2D eigenvalue weighted by Gasteiger charge is -2.38. The summed E-state index contributed by atoms with van der Waals surface area (Å²) in [5.74, 6) is -1.60. The van der Waals surface area contributed by atoms with E-state index in [2.05, 4.69) is 0 Å². The number of hydrogen-bond donors (Lipinski definition) is 1. The van der Waals surface area contributed by atoms with Gasteiger partial charge in [0.05, 0.1) is 5.60 Å². The molecule has 156 valence electrons. The maximum absolute atomic E-state index is 12.5. The zero-order chi connectivity index (χ0) is 21.4. The summed E-state index contributed by atoms with van der Waals surface area (Å²) < 4.78 is 11.4. The number of Topliss-reactive ketones (excluding diaryl/α,β-unsaturated/α-hetero) is 1. The van der Waals surface area contributed by atoms with Gasteiger partial charge in [0.2, 0.25) is 0 Å². The van der Waals surface area contributed by atoms with Crippen molar-refractivity contribution in [2.45, 2.75) is 85.0 Å². The normalized spacial score (nSPS) is 31.4. The molecule has 28 heavy (non-hydrogen) atoms. The van der Waals surface area contributed by atoms with Crippen molar-refractivity contribution in [2.75, 3.05) is 0 Å². The first-order valence-electron chi connectivity index (χ1n) is 9.82. The van der Waals surface area contributed by atoms with Crippen LogP contribution >= 0.6 is 0 Å². The topological polar surface area (TPSA) is 89.9 Å². The summed E-state index contributed by atoms with van der Waals surface area (Å²) in [4.78, 5) is 36.5. The Morgan fingerprint density at radius 1 is 1.29 bits per heavy atom. The van der Waals surface area contributed by atoms with Gasteiger partial charge in [-0.15, -0.1) is 0 Å². The number of allylic oxidation sites excluding steroid dienone is 2. The van der Waals surface area contributed by atoms with Gasteiger partial charge in [0.25, 0.3) is 0 Å². The van der Waals surface area contributed by atoms with E-state index >= 15 is 0 Å². The van der Waals surface area contributed by atoms with Gasteiger partial charge in [-0.3, -0.25) is 9.59 Å². The van der Waals surface area contributed by atoms with E-state index in [1.165, 1.54) is 6.92 Å². The van der Waals surface area contributed by atoms with Crippen molar-refractivity contribution in [3.8, 4) is 0 Å². The van der Waals surface area contributed by atoms with Crippen molar-refractivity contribution in [1.29, 1.82) is 0 Å². The Labute approximate surface area is 167 Å². The van der Waals surface area contributed by atoms with Crippen LogP contribution in [0.1, 0.15) is 67.7 Å². The van der Waals surface area contributed by atoms with Crippen molar-refractivity contribution in [2.24, 2.45) is 11.8 Å². The molecule has 6 nitrogen and oxygen atoms in total. The summed E-state index contributed by atoms with van der Waals surface area (Å²) in [6.45, 7) is 12.0. The van der Waals surface area contributed by atoms with Crippen LogP contribution in [0.4, 0.5) is 0 Å². The Bertz CT molecular complexity index is 744. The van der Waals surface area contributed by atoms with Gasteiger partial charge in [-0.25, -0.2) is 4.79 Å². The maximum atomic E-state index is 12.5. The van der Waals surface area contributed by atoms with Gasteiger partial charge in [-0.2, -0.15) is 0 Å². The molecule has 0 spiro atoms. The fourth-order valence-electron chi connectivity index (χ4n) is 4.46. The number of esters is 2. The standard InChI is InChI=1S/C22H32O6/c1-8-12(2)20(25)27-19-9-13(3)22(26)11-18(24)14(4)16(22)10-17(19)21(6,7)28-15(5)23/h8,13,17,19,26H,9-11H2,1-7H3/t13?,17?,19?,22-/m1/s1. The van der Waals surface area contributed by atoms with E-state index in [9.17, 15) is 19.5 Å². The van der Waals surface area contributed by atoms with Crippen LogP contribution in [0.3, 0.4) is 0 Å². The van der Waals surface area contributed by atoms with Crippen molar-refractivity contribution < 1.29 is 29.0 Å². The number of ether oxygens (including phenoxy) is 2. The highest BCUT2D eigenvalue weighted by Crippen LogP contribution is 2.50. The molecule has 0 aromatic heterocycles. The lowest BCUT2D eigenvalue weighted by molar-refractivity contribution is -0.170. The summed E-state index contributed by atoms with van der Waals surface area (Å²) in [5.41, 5.74) is -0.455. The second kappa shape index (κ2) is 7.82. The Kier molecular flexibility index (Phi) is 6.24. The molecule has 0 aromatic rings. The molecular formula is C22H32O6. The maximum Gasteiger partial charge on any atom is 0.333 e.